The smallest absolute Gasteiger partial charge is 0.00928 e. The summed E-state index contributed by atoms with van der Waals surface area (Å²) in [5.41, 5.74) is 6.38. The lowest BCUT2D eigenvalue weighted by Crippen LogP contribution is -2.44. The SMILES string of the molecule is C[C@H]1CCC[C@H](N)C1(C)C. The van der Waals surface area contributed by atoms with E-state index >= 15 is 0 Å². The van der Waals surface area contributed by atoms with Crippen molar-refractivity contribution in [3.05, 3.63) is 0 Å². The van der Waals surface area contributed by atoms with E-state index in [1.54, 1.807) is 0 Å². The highest BCUT2D eigenvalue weighted by Gasteiger charge is 2.35. The lowest BCUT2D eigenvalue weighted by atomic mass is 9.67. The van der Waals surface area contributed by atoms with Gasteiger partial charge in [-0.1, -0.05) is 33.6 Å². The fraction of sp³-hybridized carbons (Fsp3) is 1.00. The molecule has 0 saturated heterocycles. The molecule has 1 rings (SSSR count). The monoisotopic (exact) mass is 141 g/mol. The van der Waals surface area contributed by atoms with Crippen LogP contribution in [0.1, 0.15) is 40.0 Å². The molecule has 1 fully saturated rings. The van der Waals surface area contributed by atoms with Crippen molar-refractivity contribution in [2.45, 2.75) is 46.1 Å². The molecule has 0 aromatic heterocycles. The molecule has 1 aliphatic rings. The van der Waals surface area contributed by atoms with Crippen LogP contribution in [0, 0.1) is 11.3 Å². The van der Waals surface area contributed by atoms with Gasteiger partial charge in [-0.05, 0) is 17.8 Å². The summed E-state index contributed by atoms with van der Waals surface area (Å²) < 4.78 is 0. The van der Waals surface area contributed by atoms with Crippen LogP contribution in [0.2, 0.25) is 0 Å². The van der Waals surface area contributed by atoms with Crippen LogP contribution in [0.4, 0.5) is 0 Å². The van der Waals surface area contributed by atoms with E-state index in [2.05, 4.69) is 20.8 Å². The summed E-state index contributed by atoms with van der Waals surface area (Å²) in [7, 11) is 0. The van der Waals surface area contributed by atoms with Gasteiger partial charge in [-0.25, -0.2) is 0 Å². The van der Waals surface area contributed by atoms with Gasteiger partial charge in [-0.3, -0.25) is 0 Å². The number of hydrogen-bond donors (Lipinski definition) is 1. The molecule has 0 amide bonds. The Morgan fingerprint density at radius 3 is 2.30 bits per heavy atom. The molecule has 0 aromatic rings. The molecule has 0 aromatic carbocycles. The van der Waals surface area contributed by atoms with Gasteiger partial charge >= 0.3 is 0 Å². The first-order chi connectivity index (χ1) is 4.55. The molecule has 2 N–H and O–H groups in total. The van der Waals surface area contributed by atoms with Crippen molar-refractivity contribution in [3.63, 3.8) is 0 Å². The average molecular weight is 141 g/mol. The van der Waals surface area contributed by atoms with Crippen molar-refractivity contribution in [2.24, 2.45) is 17.1 Å². The van der Waals surface area contributed by atoms with E-state index in [1.165, 1.54) is 19.3 Å². The predicted octanol–water partition coefficient (Wildman–Crippen LogP) is 2.16. The lowest BCUT2D eigenvalue weighted by molar-refractivity contribution is 0.123. The molecule has 0 spiro atoms. The van der Waals surface area contributed by atoms with Crippen LogP contribution in [-0.2, 0) is 0 Å². The summed E-state index contributed by atoms with van der Waals surface area (Å²) in [6.07, 6.45) is 3.91. The van der Waals surface area contributed by atoms with Gasteiger partial charge in [0.15, 0.2) is 0 Å². The molecule has 1 aliphatic carbocycles. The topological polar surface area (TPSA) is 26.0 Å². The molecule has 10 heavy (non-hydrogen) atoms. The van der Waals surface area contributed by atoms with E-state index in [-0.39, 0.29) is 0 Å². The van der Waals surface area contributed by atoms with Crippen LogP contribution < -0.4 is 5.73 Å². The van der Waals surface area contributed by atoms with Crippen LogP contribution in [0.15, 0.2) is 0 Å². The lowest BCUT2D eigenvalue weighted by Gasteiger charge is -2.41. The normalized spacial score (nSPS) is 39.6. The van der Waals surface area contributed by atoms with Crippen LogP contribution in [-0.4, -0.2) is 6.04 Å². The Morgan fingerprint density at radius 2 is 1.90 bits per heavy atom. The summed E-state index contributed by atoms with van der Waals surface area (Å²) in [5.74, 6) is 0.802. The van der Waals surface area contributed by atoms with Gasteiger partial charge in [0.05, 0.1) is 0 Å². The van der Waals surface area contributed by atoms with Crippen molar-refractivity contribution < 1.29 is 0 Å². The Kier molecular flexibility index (Phi) is 2.04. The van der Waals surface area contributed by atoms with Gasteiger partial charge in [-0.2, -0.15) is 0 Å². The van der Waals surface area contributed by atoms with E-state index < -0.39 is 0 Å². The first-order valence-corrected chi connectivity index (χ1v) is 4.30. The van der Waals surface area contributed by atoms with Gasteiger partial charge in [0.2, 0.25) is 0 Å². The molecule has 0 heterocycles. The quantitative estimate of drug-likeness (QED) is 0.549. The molecular weight excluding hydrogens is 122 g/mol. The summed E-state index contributed by atoms with van der Waals surface area (Å²) >= 11 is 0. The Hall–Kier alpha value is -0.0400. The minimum atomic E-state index is 0.373. The Morgan fingerprint density at radius 1 is 1.30 bits per heavy atom. The van der Waals surface area contributed by atoms with Crippen LogP contribution >= 0.6 is 0 Å². The van der Waals surface area contributed by atoms with Crippen LogP contribution in [0.25, 0.3) is 0 Å². The molecule has 2 atom stereocenters. The molecule has 0 unspecified atom stereocenters. The van der Waals surface area contributed by atoms with Crippen LogP contribution in [0.3, 0.4) is 0 Å². The highest BCUT2D eigenvalue weighted by atomic mass is 14.7. The second-order valence-electron chi connectivity index (χ2n) is 4.26. The van der Waals surface area contributed by atoms with E-state index in [0.29, 0.717) is 11.5 Å². The van der Waals surface area contributed by atoms with Crippen LogP contribution in [0.5, 0.6) is 0 Å². The molecule has 1 heteroatoms. The summed E-state index contributed by atoms with van der Waals surface area (Å²) in [6, 6.07) is 0.427. The van der Waals surface area contributed by atoms with Crippen molar-refractivity contribution >= 4 is 0 Å². The number of nitrogens with two attached hydrogens (primary N) is 1. The Labute approximate surface area is 64.0 Å². The standard InChI is InChI=1S/C9H19N/c1-7-5-4-6-8(10)9(7,2)3/h7-8H,4-6,10H2,1-3H3/t7-,8-/m0/s1. The van der Waals surface area contributed by atoms with E-state index in [4.69, 9.17) is 5.73 Å². The molecule has 0 aliphatic heterocycles. The second kappa shape index (κ2) is 2.54. The molecular formula is C9H19N. The third kappa shape index (κ3) is 1.20. The first-order valence-electron chi connectivity index (χ1n) is 4.30. The largest absolute Gasteiger partial charge is 0.327 e. The minimum absolute atomic E-state index is 0.373. The molecule has 1 saturated carbocycles. The zero-order valence-electron chi connectivity index (χ0n) is 7.35. The van der Waals surface area contributed by atoms with E-state index in [0.717, 1.165) is 5.92 Å². The highest BCUT2D eigenvalue weighted by Crippen LogP contribution is 2.39. The van der Waals surface area contributed by atoms with Gasteiger partial charge < -0.3 is 5.73 Å². The van der Waals surface area contributed by atoms with Crippen molar-refractivity contribution in [2.75, 3.05) is 0 Å². The maximum absolute atomic E-state index is 6.00. The zero-order valence-corrected chi connectivity index (χ0v) is 7.35. The summed E-state index contributed by atoms with van der Waals surface area (Å²) in [5, 5.41) is 0. The summed E-state index contributed by atoms with van der Waals surface area (Å²) in [6.45, 7) is 6.90. The van der Waals surface area contributed by atoms with E-state index in [1.807, 2.05) is 0 Å². The fourth-order valence-electron chi connectivity index (χ4n) is 1.75. The van der Waals surface area contributed by atoms with Gasteiger partial charge in [-0.15, -0.1) is 0 Å². The predicted molar refractivity (Wildman–Crippen MR) is 44.8 cm³/mol. The zero-order chi connectivity index (χ0) is 7.78. The molecule has 1 nitrogen and oxygen atoms in total. The number of hydrogen-bond acceptors (Lipinski definition) is 1. The number of rotatable bonds is 0. The third-order valence-electron chi connectivity index (χ3n) is 3.38. The van der Waals surface area contributed by atoms with Crippen molar-refractivity contribution in [1.29, 1.82) is 0 Å². The van der Waals surface area contributed by atoms with Gasteiger partial charge in [0, 0.05) is 6.04 Å². The Balaban J connectivity index is 2.63. The Bertz CT molecular complexity index is 106. The third-order valence-corrected chi connectivity index (χ3v) is 3.38. The average Bonchev–Trinajstić information content (AvgIpc) is 1.84. The van der Waals surface area contributed by atoms with Crippen molar-refractivity contribution in [3.8, 4) is 0 Å². The molecule has 0 radical (unpaired) electrons. The van der Waals surface area contributed by atoms with Gasteiger partial charge in [0.1, 0.15) is 0 Å². The first kappa shape index (κ1) is 8.06. The highest BCUT2D eigenvalue weighted by molar-refractivity contribution is 4.89. The minimum Gasteiger partial charge on any atom is -0.327 e. The maximum atomic E-state index is 6.00. The fourth-order valence-corrected chi connectivity index (χ4v) is 1.75. The van der Waals surface area contributed by atoms with E-state index in [9.17, 15) is 0 Å². The summed E-state index contributed by atoms with van der Waals surface area (Å²) in [4.78, 5) is 0. The van der Waals surface area contributed by atoms with Crippen molar-refractivity contribution in [1.82, 2.24) is 0 Å². The maximum Gasteiger partial charge on any atom is 0.00928 e. The molecule has 0 bridgehead atoms. The van der Waals surface area contributed by atoms with Gasteiger partial charge in [0.25, 0.3) is 0 Å². The second-order valence-corrected chi connectivity index (χ2v) is 4.26. The molecule has 60 valence electrons.